The van der Waals surface area contributed by atoms with Gasteiger partial charge in [-0.05, 0) is 30.8 Å². The maximum atomic E-state index is 6.14. The minimum absolute atomic E-state index is 0.250. The van der Waals surface area contributed by atoms with Crippen molar-refractivity contribution in [2.75, 3.05) is 46.4 Å². The summed E-state index contributed by atoms with van der Waals surface area (Å²) in [7, 11) is 2.12. The second-order valence-corrected chi connectivity index (χ2v) is 6.63. The van der Waals surface area contributed by atoms with Crippen LogP contribution in [0.15, 0.2) is 17.7 Å². The third-order valence-electron chi connectivity index (χ3n) is 3.86. The van der Waals surface area contributed by atoms with Crippen LogP contribution in [-0.4, -0.2) is 57.4 Å². The van der Waals surface area contributed by atoms with E-state index in [0.29, 0.717) is 22.4 Å². The van der Waals surface area contributed by atoms with Crippen molar-refractivity contribution < 1.29 is 9.47 Å². The summed E-state index contributed by atoms with van der Waals surface area (Å²) in [5, 5.41) is 4.62. The van der Waals surface area contributed by atoms with E-state index >= 15 is 0 Å². The molecular formula is C16H20Cl2N2O2. The van der Waals surface area contributed by atoms with Gasteiger partial charge in [-0.15, -0.1) is 0 Å². The van der Waals surface area contributed by atoms with E-state index in [-0.39, 0.29) is 6.10 Å². The van der Waals surface area contributed by atoms with Gasteiger partial charge in [-0.3, -0.25) is 0 Å². The van der Waals surface area contributed by atoms with Crippen molar-refractivity contribution in [1.82, 2.24) is 10.2 Å². The zero-order valence-corrected chi connectivity index (χ0v) is 14.1. The van der Waals surface area contributed by atoms with Crippen LogP contribution in [0.2, 0.25) is 10.0 Å². The van der Waals surface area contributed by atoms with Crippen molar-refractivity contribution in [3.8, 4) is 5.75 Å². The fourth-order valence-electron chi connectivity index (χ4n) is 2.75. The SMILES string of the molecule is CN1CCOC(CNCC2=Cc3cc(Cl)cc(Cl)c3OC2)C1. The van der Waals surface area contributed by atoms with Gasteiger partial charge in [0.05, 0.1) is 17.7 Å². The molecule has 22 heavy (non-hydrogen) atoms. The van der Waals surface area contributed by atoms with Crippen molar-refractivity contribution in [1.29, 1.82) is 0 Å². The number of likely N-dealkylation sites (N-methyl/N-ethyl adjacent to an activating group) is 1. The van der Waals surface area contributed by atoms with Crippen LogP contribution in [-0.2, 0) is 4.74 Å². The van der Waals surface area contributed by atoms with Crippen molar-refractivity contribution in [2.24, 2.45) is 0 Å². The van der Waals surface area contributed by atoms with Gasteiger partial charge in [-0.1, -0.05) is 23.2 Å². The fourth-order valence-corrected chi connectivity index (χ4v) is 3.32. The van der Waals surface area contributed by atoms with Gasteiger partial charge in [0, 0.05) is 36.8 Å². The molecule has 1 N–H and O–H groups in total. The summed E-state index contributed by atoms with van der Waals surface area (Å²) in [4.78, 5) is 2.29. The molecule has 4 nitrogen and oxygen atoms in total. The molecule has 1 aromatic rings. The Balaban J connectivity index is 1.56. The lowest BCUT2D eigenvalue weighted by atomic mass is 10.1. The molecule has 0 bridgehead atoms. The number of rotatable bonds is 4. The average molecular weight is 343 g/mol. The highest BCUT2D eigenvalue weighted by Gasteiger charge is 2.18. The Morgan fingerprint density at radius 3 is 3.05 bits per heavy atom. The van der Waals surface area contributed by atoms with E-state index in [2.05, 4.69) is 23.3 Å². The number of ether oxygens (including phenoxy) is 2. The smallest absolute Gasteiger partial charge is 0.145 e. The highest BCUT2D eigenvalue weighted by molar-refractivity contribution is 6.36. The van der Waals surface area contributed by atoms with Crippen molar-refractivity contribution >= 4 is 29.3 Å². The number of halogens is 2. The standard InChI is InChI=1S/C16H20Cl2N2O2/c1-20-2-3-21-14(9-20)8-19-7-11-4-12-5-13(17)6-15(18)16(12)22-10-11/h4-6,14,19H,2-3,7-10H2,1H3. The Labute approximate surface area is 141 Å². The number of hydrogen-bond donors (Lipinski definition) is 1. The van der Waals surface area contributed by atoms with Crippen LogP contribution in [0.25, 0.3) is 6.08 Å². The fraction of sp³-hybridized carbons (Fsp3) is 0.500. The van der Waals surface area contributed by atoms with E-state index in [1.807, 2.05) is 6.07 Å². The molecule has 6 heteroatoms. The van der Waals surface area contributed by atoms with Crippen molar-refractivity contribution in [3.05, 3.63) is 33.3 Å². The maximum Gasteiger partial charge on any atom is 0.145 e. The van der Waals surface area contributed by atoms with Gasteiger partial charge in [0.1, 0.15) is 12.4 Å². The highest BCUT2D eigenvalue weighted by Crippen LogP contribution is 2.36. The quantitative estimate of drug-likeness (QED) is 0.912. The molecule has 120 valence electrons. The summed E-state index contributed by atoms with van der Waals surface area (Å²) in [6.07, 6.45) is 2.34. The first-order chi connectivity index (χ1) is 10.6. The molecule has 3 rings (SSSR count). The van der Waals surface area contributed by atoms with Gasteiger partial charge in [-0.25, -0.2) is 0 Å². The largest absolute Gasteiger partial charge is 0.487 e. The maximum absolute atomic E-state index is 6.14. The first-order valence-electron chi connectivity index (χ1n) is 7.44. The summed E-state index contributed by atoms with van der Waals surface area (Å²) in [5.41, 5.74) is 2.11. The molecule has 1 fully saturated rings. The molecule has 0 radical (unpaired) electrons. The first-order valence-corrected chi connectivity index (χ1v) is 8.19. The van der Waals surface area contributed by atoms with Gasteiger partial charge in [0.15, 0.2) is 0 Å². The normalized spacial score (nSPS) is 22.0. The van der Waals surface area contributed by atoms with Crippen LogP contribution in [0.3, 0.4) is 0 Å². The minimum Gasteiger partial charge on any atom is -0.487 e. The van der Waals surface area contributed by atoms with E-state index < -0.39 is 0 Å². The molecule has 1 aromatic carbocycles. The summed E-state index contributed by atoms with van der Waals surface area (Å²) < 4.78 is 11.5. The Kier molecular flexibility index (Phi) is 5.26. The van der Waals surface area contributed by atoms with Gasteiger partial charge in [0.2, 0.25) is 0 Å². The second kappa shape index (κ2) is 7.20. The molecule has 0 aliphatic carbocycles. The van der Waals surface area contributed by atoms with Gasteiger partial charge >= 0.3 is 0 Å². The van der Waals surface area contributed by atoms with E-state index in [0.717, 1.165) is 38.3 Å². The van der Waals surface area contributed by atoms with Crippen LogP contribution < -0.4 is 10.1 Å². The second-order valence-electron chi connectivity index (χ2n) is 5.78. The molecule has 1 saturated heterocycles. The van der Waals surface area contributed by atoms with Crippen LogP contribution in [0.1, 0.15) is 5.56 Å². The van der Waals surface area contributed by atoms with Gasteiger partial charge in [-0.2, -0.15) is 0 Å². The van der Waals surface area contributed by atoms with Crippen LogP contribution in [0.5, 0.6) is 5.75 Å². The third kappa shape index (κ3) is 3.94. The van der Waals surface area contributed by atoms with E-state index in [1.54, 1.807) is 6.07 Å². The lowest BCUT2D eigenvalue weighted by Gasteiger charge is -2.30. The molecule has 2 aliphatic heterocycles. The molecule has 0 spiro atoms. The average Bonchev–Trinajstić information content (AvgIpc) is 2.46. The Hall–Kier alpha value is -0.780. The monoisotopic (exact) mass is 342 g/mol. The lowest BCUT2D eigenvalue weighted by molar-refractivity contribution is -0.0177. The third-order valence-corrected chi connectivity index (χ3v) is 4.36. The van der Waals surface area contributed by atoms with Gasteiger partial charge in [0.25, 0.3) is 0 Å². The summed E-state index contributed by atoms with van der Waals surface area (Å²) in [6, 6.07) is 3.58. The van der Waals surface area contributed by atoms with Crippen LogP contribution >= 0.6 is 23.2 Å². The number of benzene rings is 1. The number of nitrogens with one attached hydrogen (secondary N) is 1. The topological polar surface area (TPSA) is 33.7 Å². The predicted octanol–water partition coefficient (Wildman–Crippen LogP) is 2.69. The predicted molar refractivity (Wildman–Crippen MR) is 90.0 cm³/mol. The van der Waals surface area contributed by atoms with Crippen LogP contribution in [0.4, 0.5) is 0 Å². The highest BCUT2D eigenvalue weighted by atomic mass is 35.5. The first kappa shape index (κ1) is 16.1. The molecule has 1 atom stereocenters. The number of hydrogen-bond acceptors (Lipinski definition) is 4. The molecule has 1 unspecified atom stereocenters. The molecule has 2 heterocycles. The zero-order valence-electron chi connectivity index (χ0n) is 12.6. The zero-order chi connectivity index (χ0) is 15.5. The van der Waals surface area contributed by atoms with E-state index in [9.17, 15) is 0 Å². The Bertz CT molecular complexity index is 578. The summed E-state index contributed by atoms with van der Waals surface area (Å²) in [6.45, 7) is 4.94. The lowest BCUT2D eigenvalue weighted by Crippen LogP contribution is -2.45. The van der Waals surface area contributed by atoms with Crippen LogP contribution in [0, 0.1) is 0 Å². The summed E-state index contributed by atoms with van der Waals surface area (Å²) in [5.74, 6) is 0.715. The van der Waals surface area contributed by atoms with Gasteiger partial charge < -0.3 is 19.7 Å². The summed E-state index contributed by atoms with van der Waals surface area (Å²) >= 11 is 12.2. The number of morpholine rings is 1. The molecule has 0 aromatic heterocycles. The van der Waals surface area contributed by atoms with Crippen molar-refractivity contribution in [3.63, 3.8) is 0 Å². The minimum atomic E-state index is 0.250. The van der Waals surface area contributed by atoms with Crippen molar-refractivity contribution in [2.45, 2.75) is 6.10 Å². The van der Waals surface area contributed by atoms with E-state index in [1.165, 1.54) is 5.57 Å². The van der Waals surface area contributed by atoms with E-state index in [4.69, 9.17) is 32.7 Å². The molecule has 0 amide bonds. The molecule has 2 aliphatic rings. The number of fused-ring (bicyclic) bond motifs is 1. The molecule has 0 saturated carbocycles. The Morgan fingerprint density at radius 1 is 1.36 bits per heavy atom. The Morgan fingerprint density at radius 2 is 2.23 bits per heavy atom. The molecular weight excluding hydrogens is 323 g/mol. The number of nitrogens with zero attached hydrogens (tertiary/aromatic N) is 1.